The first-order chi connectivity index (χ1) is 8.48. The molecule has 0 atom stereocenters. The first-order valence-electron chi connectivity index (χ1n) is 6.16. The van der Waals surface area contributed by atoms with E-state index in [9.17, 15) is 4.79 Å². The van der Waals surface area contributed by atoms with Crippen molar-refractivity contribution in [1.82, 2.24) is 5.32 Å². The summed E-state index contributed by atoms with van der Waals surface area (Å²) in [5.41, 5.74) is 0.868. The van der Waals surface area contributed by atoms with Gasteiger partial charge in [-0.25, -0.2) is 0 Å². The van der Waals surface area contributed by atoms with Crippen molar-refractivity contribution >= 4 is 23.4 Å². The van der Waals surface area contributed by atoms with E-state index in [-0.39, 0.29) is 11.4 Å². The minimum absolute atomic E-state index is 0.0257. The number of benzene rings is 1. The number of thioether (sulfide) groups is 1. The van der Waals surface area contributed by atoms with Crippen LogP contribution >= 0.6 is 11.8 Å². The molecule has 0 aliphatic rings. The van der Waals surface area contributed by atoms with Gasteiger partial charge in [0.05, 0.1) is 6.54 Å². The monoisotopic (exact) mass is 266 g/mol. The van der Waals surface area contributed by atoms with Crippen LogP contribution in [0, 0.1) is 0 Å². The fourth-order valence-corrected chi connectivity index (χ4v) is 2.05. The van der Waals surface area contributed by atoms with Gasteiger partial charge in [0.15, 0.2) is 0 Å². The van der Waals surface area contributed by atoms with Gasteiger partial charge in [-0.3, -0.25) is 4.79 Å². The SMILES string of the molecule is CCC(C)(C)NC(=O)CNc1ccccc1SC. The molecule has 4 heteroatoms. The van der Waals surface area contributed by atoms with Crippen LogP contribution < -0.4 is 10.6 Å². The summed E-state index contributed by atoms with van der Waals surface area (Å²) in [7, 11) is 0. The van der Waals surface area contributed by atoms with E-state index in [0.29, 0.717) is 6.54 Å². The summed E-state index contributed by atoms with van der Waals surface area (Å²) < 4.78 is 0. The molecule has 100 valence electrons. The Morgan fingerprint density at radius 2 is 2.00 bits per heavy atom. The molecule has 0 saturated carbocycles. The highest BCUT2D eigenvalue weighted by Crippen LogP contribution is 2.24. The third-order valence-electron chi connectivity index (χ3n) is 2.91. The maximum absolute atomic E-state index is 11.8. The third kappa shape index (κ3) is 4.61. The number of carbonyl (C=O) groups is 1. The molecule has 1 aromatic rings. The Morgan fingerprint density at radius 3 is 2.61 bits per heavy atom. The van der Waals surface area contributed by atoms with E-state index >= 15 is 0 Å². The largest absolute Gasteiger partial charge is 0.375 e. The Balaban J connectivity index is 2.52. The lowest BCUT2D eigenvalue weighted by atomic mass is 10.0. The number of rotatable bonds is 6. The Hall–Kier alpha value is -1.16. The zero-order valence-corrected chi connectivity index (χ0v) is 12.4. The molecule has 0 saturated heterocycles. The van der Waals surface area contributed by atoms with Crippen molar-refractivity contribution in [3.8, 4) is 0 Å². The predicted octanol–water partition coefficient (Wildman–Crippen LogP) is 3.13. The molecule has 0 spiro atoms. The van der Waals surface area contributed by atoms with Gasteiger partial charge in [0.25, 0.3) is 0 Å². The number of para-hydroxylation sites is 1. The summed E-state index contributed by atoms with van der Waals surface area (Å²) >= 11 is 1.67. The molecule has 18 heavy (non-hydrogen) atoms. The van der Waals surface area contributed by atoms with Crippen molar-refractivity contribution in [2.75, 3.05) is 18.1 Å². The fraction of sp³-hybridized carbons (Fsp3) is 0.500. The molecular formula is C14H22N2OS. The standard InChI is InChI=1S/C14H22N2OS/c1-5-14(2,3)16-13(17)10-15-11-8-6-7-9-12(11)18-4/h6-9,15H,5,10H2,1-4H3,(H,16,17). The quantitative estimate of drug-likeness (QED) is 0.777. The van der Waals surface area contributed by atoms with Crippen LogP contribution in [-0.2, 0) is 4.79 Å². The van der Waals surface area contributed by atoms with Gasteiger partial charge in [0, 0.05) is 16.1 Å². The van der Waals surface area contributed by atoms with E-state index in [2.05, 4.69) is 17.6 Å². The third-order valence-corrected chi connectivity index (χ3v) is 3.70. The first kappa shape index (κ1) is 14.9. The highest BCUT2D eigenvalue weighted by atomic mass is 32.2. The fourth-order valence-electron chi connectivity index (χ4n) is 1.48. The molecule has 0 heterocycles. The molecule has 0 aromatic heterocycles. The van der Waals surface area contributed by atoms with Gasteiger partial charge < -0.3 is 10.6 Å². The molecule has 2 N–H and O–H groups in total. The van der Waals surface area contributed by atoms with Gasteiger partial charge in [-0.15, -0.1) is 11.8 Å². The number of nitrogens with one attached hydrogen (secondary N) is 2. The van der Waals surface area contributed by atoms with Crippen molar-refractivity contribution in [2.24, 2.45) is 0 Å². The average molecular weight is 266 g/mol. The van der Waals surface area contributed by atoms with E-state index in [0.717, 1.165) is 17.0 Å². The van der Waals surface area contributed by atoms with Crippen LogP contribution in [0.2, 0.25) is 0 Å². The summed E-state index contributed by atoms with van der Waals surface area (Å²) in [5, 5.41) is 6.18. The molecule has 0 aliphatic heterocycles. The summed E-state index contributed by atoms with van der Waals surface area (Å²) in [4.78, 5) is 13.0. The molecule has 0 unspecified atom stereocenters. The Labute approximate surface area is 114 Å². The lowest BCUT2D eigenvalue weighted by Crippen LogP contribution is -2.45. The minimum atomic E-state index is -0.141. The van der Waals surface area contributed by atoms with Crippen LogP contribution in [0.3, 0.4) is 0 Å². The van der Waals surface area contributed by atoms with E-state index in [4.69, 9.17) is 0 Å². The van der Waals surface area contributed by atoms with Gasteiger partial charge in [-0.05, 0) is 38.7 Å². The average Bonchev–Trinajstić information content (AvgIpc) is 2.36. The van der Waals surface area contributed by atoms with Crippen molar-refractivity contribution in [2.45, 2.75) is 37.6 Å². The van der Waals surface area contributed by atoms with E-state index in [1.807, 2.05) is 44.4 Å². The van der Waals surface area contributed by atoms with E-state index < -0.39 is 0 Å². The molecule has 3 nitrogen and oxygen atoms in total. The van der Waals surface area contributed by atoms with Gasteiger partial charge in [-0.1, -0.05) is 19.1 Å². The van der Waals surface area contributed by atoms with Crippen LogP contribution in [0.5, 0.6) is 0 Å². The second kappa shape index (κ2) is 6.69. The summed E-state index contributed by atoms with van der Waals surface area (Å²) in [6.07, 6.45) is 2.95. The minimum Gasteiger partial charge on any atom is -0.375 e. The number of anilines is 1. The maximum Gasteiger partial charge on any atom is 0.239 e. The second-order valence-corrected chi connectivity index (χ2v) is 5.69. The Kier molecular flexibility index (Phi) is 5.54. The topological polar surface area (TPSA) is 41.1 Å². The van der Waals surface area contributed by atoms with Gasteiger partial charge in [0.1, 0.15) is 0 Å². The smallest absolute Gasteiger partial charge is 0.239 e. The Bertz CT molecular complexity index is 405. The van der Waals surface area contributed by atoms with Crippen molar-refractivity contribution in [3.05, 3.63) is 24.3 Å². The molecule has 0 bridgehead atoms. The highest BCUT2D eigenvalue weighted by molar-refractivity contribution is 7.98. The van der Waals surface area contributed by atoms with Crippen LogP contribution in [0.25, 0.3) is 0 Å². The van der Waals surface area contributed by atoms with Crippen molar-refractivity contribution < 1.29 is 4.79 Å². The molecular weight excluding hydrogens is 244 g/mol. The molecule has 0 radical (unpaired) electrons. The highest BCUT2D eigenvalue weighted by Gasteiger charge is 2.17. The summed E-state index contributed by atoms with van der Waals surface area (Å²) in [6.45, 7) is 6.43. The van der Waals surface area contributed by atoms with Crippen LogP contribution in [0.1, 0.15) is 27.2 Å². The van der Waals surface area contributed by atoms with Gasteiger partial charge in [0.2, 0.25) is 5.91 Å². The lowest BCUT2D eigenvalue weighted by molar-refractivity contribution is -0.121. The van der Waals surface area contributed by atoms with Crippen molar-refractivity contribution in [1.29, 1.82) is 0 Å². The van der Waals surface area contributed by atoms with Crippen LogP contribution in [0.15, 0.2) is 29.2 Å². The van der Waals surface area contributed by atoms with Gasteiger partial charge >= 0.3 is 0 Å². The van der Waals surface area contributed by atoms with Crippen molar-refractivity contribution in [3.63, 3.8) is 0 Å². The van der Waals surface area contributed by atoms with E-state index in [1.165, 1.54) is 0 Å². The summed E-state index contributed by atoms with van der Waals surface area (Å²) in [6, 6.07) is 8.00. The lowest BCUT2D eigenvalue weighted by Gasteiger charge is -2.24. The van der Waals surface area contributed by atoms with Crippen LogP contribution in [0.4, 0.5) is 5.69 Å². The zero-order chi connectivity index (χ0) is 13.6. The number of hydrogen-bond acceptors (Lipinski definition) is 3. The number of hydrogen-bond donors (Lipinski definition) is 2. The Morgan fingerprint density at radius 1 is 1.33 bits per heavy atom. The van der Waals surface area contributed by atoms with E-state index in [1.54, 1.807) is 11.8 Å². The second-order valence-electron chi connectivity index (χ2n) is 4.84. The van der Waals surface area contributed by atoms with Crippen LogP contribution in [-0.4, -0.2) is 24.2 Å². The molecule has 1 rings (SSSR count). The predicted molar refractivity (Wildman–Crippen MR) is 79.2 cm³/mol. The first-order valence-corrected chi connectivity index (χ1v) is 7.39. The molecule has 1 amide bonds. The number of carbonyl (C=O) groups excluding carboxylic acids is 1. The zero-order valence-electron chi connectivity index (χ0n) is 11.5. The number of amides is 1. The maximum atomic E-state index is 11.8. The normalized spacial score (nSPS) is 11.1. The summed E-state index contributed by atoms with van der Waals surface area (Å²) in [5.74, 6) is 0.0257. The molecule has 0 aliphatic carbocycles. The molecule has 0 fully saturated rings. The molecule has 1 aromatic carbocycles. The van der Waals surface area contributed by atoms with Gasteiger partial charge in [-0.2, -0.15) is 0 Å².